The van der Waals surface area contributed by atoms with Crippen LogP contribution in [0.3, 0.4) is 0 Å². The Bertz CT molecular complexity index is 677. The van der Waals surface area contributed by atoms with Crippen LogP contribution < -0.4 is 10.5 Å². The highest BCUT2D eigenvalue weighted by Gasteiger charge is 2.14. The number of rotatable bonds is 3. The smallest absolute Gasteiger partial charge is 0.287 e. The number of nitro groups is 1. The lowest BCUT2D eigenvalue weighted by molar-refractivity contribution is -0.385. The normalized spacial score (nSPS) is 9.63. The molecule has 0 heterocycles. The van der Waals surface area contributed by atoms with Crippen LogP contribution in [0, 0.1) is 21.4 Å². The number of nitrogen functional groups attached to an aromatic ring is 1. The lowest BCUT2D eigenvalue weighted by Crippen LogP contribution is -1.95. The van der Waals surface area contributed by atoms with Gasteiger partial charge in [-0.05, 0) is 18.2 Å². The molecular formula is C13H9N3O3. The van der Waals surface area contributed by atoms with Gasteiger partial charge in [0.05, 0.1) is 10.6 Å². The van der Waals surface area contributed by atoms with Gasteiger partial charge in [0, 0.05) is 12.1 Å². The van der Waals surface area contributed by atoms with Crippen molar-refractivity contribution in [2.24, 2.45) is 0 Å². The first-order chi connectivity index (χ1) is 9.11. The molecule has 0 aliphatic carbocycles. The van der Waals surface area contributed by atoms with E-state index in [0.29, 0.717) is 17.2 Å². The molecule has 0 bridgehead atoms. The molecule has 2 rings (SSSR count). The Hall–Kier alpha value is -3.07. The van der Waals surface area contributed by atoms with Crippen molar-refractivity contribution in [3.05, 3.63) is 58.1 Å². The Balaban J connectivity index is 2.36. The van der Waals surface area contributed by atoms with Crippen molar-refractivity contribution in [3.8, 4) is 17.6 Å². The second-order valence-corrected chi connectivity index (χ2v) is 3.69. The Morgan fingerprint density at radius 1 is 1.26 bits per heavy atom. The third-order valence-electron chi connectivity index (χ3n) is 2.43. The van der Waals surface area contributed by atoms with E-state index in [4.69, 9.17) is 15.7 Å². The topological polar surface area (TPSA) is 102 Å². The van der Waals surface area contributed by atoms with Gasteiger partial charge in [0.15, 0.2) is 0 Å². The predicted molar refractivity (Wildman–Crippen MR) is 68.7 cm³/mol. The fourth-order valence-electron chi connectivity index (χ4n) is 1.53. The number of nitrogens with two attached hydrogens (primary N) is 1. The second-order valence-electron chi connectivity index (χ2n) is 3.69. The van der Waals surface area contributed by atoms with Gasteiger partial charge in [-0.2, -0.15) is 5.26 Å². The molecule has 19 heavy (non-hydrogen) atoms. The van der Waals surface area contributed by atoms with Gasteiger partial charge in [-0.25, -0.2) is 0 Å². The first-order valence-electron chi connectivity index (χ1n) is 5.32. The van der Waals surface area contributed by atoms with Crippen molar-refractivity contribution in [2.45, 2.75) is 0 Å². The van der Waals surface area contributed by atoms with Crippen molar-refractivity contribution < 1.29 is 9.66 Å². The predicted octanol–water partition coefficient (Wildman–Crippen LogP) is 2.84. The van der Waals surface area contributed by atoms with Gasteiger partial charge in [-0.1, -0.05) is 12.1 Å². The maximum atomic E-state index is 10.7. The molecule has 0 amide bonds. The molecule has 0 aromatic heterocycles. The average Bonchev–Trinajstić information content (AvgIpc) is 2.41. The molecule has 0 aliphatic rings. The van der Waals surface area contributed by atoms with Crippen molar-refractivity contribution in [2.75, 3.05) is 5.73 Å². The van der Waals surface area contributed by atoms with Gasteiger partial charge in [0.2, 0.25) is 0 Å². The molecule has 0 saturated heterocycles. The summed E-state index contributed by atoms with van der Waals surface area (Å²) < 4.78 is 5.49. The molecule has 94 valence electrons. The van der Waals surface area contributed by atoms with E-state index in [1.807, 2.05) is 0 Å². The van der Waals surface area contributed by atoms with Crippen LogP contribution in [0.15, 0.2) is 42.5 Å². The number of anilines is 1. The molecule has 0 saturated carbocycles. The minimum atomic E-state index is -0.612. The molecule has 0 atom stereocenters. The summed E-state index contributed by atoms with van der Waals surface area (Å²) in [6.45, 7) is 0. The third kappa shape index (κ3) is 2.61. The maximum absolute atomic E-state index is 10.7. The van der Waals surface area contributed by atoms with Crippen molar-refractivity contribution >= 4 is 11.4 Å². The lowest BCUT2D eigenvalue weighted by atomic mass is 10.2. The lowest BCUT2D eigenvalue weighted by Gasteiger charge is -2.08. The molecule has 6 nitrogen and oxygen atoms in total. The number of nitro benzene ring substituents is 1. The number of para-hydroxylation sites is 2. The quantitative estimate of drug-likeness (QED) is 0.516. The minimum Gasteiger partial charge on any atom is -0.455 e. The Morgan fingerprint density at radius 2 is 2.00 bits per heavy atom. The van der Waals surface area contributed by atoms with Gasteiger partial charge in [-0.15, -0.1) is 0 Å². The molecule has 0 spiro atoms. The van der Waals surface area contributed by atoms with E-state index >= 15 is 0 Å². The van der Waals surface area contributed by atoms with Crippen molar-refractivity contribution in [1.29, 1.82) is 5.26 Å². The zero-order chi connectivity index (χ0) is 13.8. The summed E-state index contributed by atoms with van der Waals surface area (Å²) in [6, 6.07) is 12.6. The van der Waals surface area contributed by atoms with Crippen LogP contribution >= 0.6 is 0 Å². The van der Waals surface area contributed by atoms with Crippen LogP contribution in [0.5, 0.6) is 11.5 Å². The van der Waals surface area contributed by atoms with Crippen LogP contribution in [-0.2, 0) is 0 Å². The molecular weight excluding hydrogens is 246 g/mol. The molecule has 6 heteroatoms. The number of nitriles is 1. The minimum absolute atomic E-state index is 0.0583. The average molecular weight is 255 g/mol. The van der Waals surface area contributed by atoms with E-state index < -0.39 is 4.92 Å². The van der Waals surface area contributed by atoms with E-state index in [9.17, 15) is 10.1 Å². The monoisotopic (exact) mass is 255 g/mol. The van der Waals surface area contributed by atoms with E-state index in [1.54, 1.807) is 30.3 Å². The number of ether oxygens (including phenoxy) is 1. The Kier molecular flexibility index (Phi) is 3.30. The standard InChI is InChI=1S/C13H9N3O3/c14-8-9-7-10(5-6-12(9)16(17)18)19-13-4-2-1-3-11(13)15/h1-7H,15H2. The zero-order valence-corrected chi connectivity index (χ0v) is 9.74. The van der Waals surface area contributed by atoms with E-state index in [0.717, 1.165) is 0 Å². The summed E-state index contributed by atoms with van der Waals surface area (Å²) in [5.41, 5.74) is 5.85. The summed E-state index contributed by atoms with van der Waals surface area (Å²) in [4.78, 5) is 10.1. The summed E-state index contributed by atoms with van der Waals surface area (Å²) in [5.74, 6) is 0.750. The van der Waals surface area contributed by atoms with Crippen molar-refractivity contribution in [1.82, 2.24) is 0 Å². The first-order valence-corrected chi connectivity index (χ1v) is 5.32. The highest BCUT2D eigenvalue weighted by molar-refractivity contribution is 5.56. The number of benzene rings is 2. The zero-order valence-electron chi connectivity index (χ0n) is 9.74. The molecule has 0 fully saturated rings. The van der Waals surface area contributed by atoms with Gasteiger partial charge < -0.3 is 10.5 Å². The molecule has 0 unspecified atom stereocenters. The van der Waals surface area contributed by atoms with Crippen LogP contribution in [-0.4, -0.2) is 4.92 Å². The maximum Gasteiger partial charge on any atom is 0.287 e. The molecule has 2 aromatic rings. The summed E-state index contributed by atoms with van der Waals surface area (Å²) >= 11 is 0. The number of hydrogen-bond acceptors (Lipinski definition) is 5. The summed E-state index contributed by atoms with van der Waals surface area (Å²) in [5, 5.41) is 19.6. The molecule has 0 aliphatic heterocycles. The highest BCUT2D eigenvalue weighted by Crippen LogP contribution is 2.30. The molecule has 0 radical (unpaired) electrons. The van der Waals surface area contributed by atoms with Crippen LogP contribution in [0.25, 0.3) is 0 Å². The Labute approximate surface area is 108 Å². The van der Waals surface area contributed by atoms with Gasteiger partial charge >= 0.3 is 0 Å². The van der Waals surface area contributed by atoms with Gasteiger partial charge in [0.25, 0.3) is 5.69 Å². The highest BCUT2D eigenvalue weighted by atomic mass is 16.6. The second kappa shape index (κ2) is 5.06. The van der Waals surface area contributed by atoms with E-state index in [1.165, 1.54) is 18.2 Å². The number of hydrogen-bond donors (Lipinski definition) is 1. The fourth-order valence-corrected chi connectivity index (χ4v) is 1.53. The third-order valence-corrected chi connectivity index (χ3v) is 2.43. The summed E-state index contributed by atoms with van der Waals surface area (Å²) in [6.07, 6.45) is 0. The van der Waals surface area contributed by atoms with Gasteiger partial charge in [0.1, 0.15) is 23.1 Å². The van der Waals surface area contributed by atoms with Crippen LogP contribution in [0.2, 0.25) is 0 Å². The van der Waals surface area contributed by atoms with Crippen LogP contribution in [0.1, 0.15) is 5.56 Å². The molecule has 2 aromatic carbocycles. The first kappa shape index (κ1) is 12.4. The molecule has 2 N–H and O–H groups in total. The fraction of sp³-hybridized carbons (Fsp3) is 0. The number of nitrogens with zero attached hydrogens (tertiary/aromatic N) is 2. The Morgan fingerprint density at radius 3 is 2.63 bits per heavy atom. The SMILES string of the molecule is N#Cc1cc(Oc2ccccc2N)ccc1[N+](=O)[O-]. The van der Waals surface area contributed by atoms with Crippen molar-refractivity contribution in [3.63, 3.8) is 0 Å². The van der Waals surface area contributed by atoms with E-state index in [2.05, 4.69) is 0 Å². The summed E-state index contributed by atoms with van der Waals surface area (Å²) in [7, 11) is 0. The van der Waals surface area contributed by atoms with E-state index in [-0.39, 0.29) is 11.3 Å². The van der Waals surface area contributed by atoms with Gasteiger partial charge in [-0.3, -0.25) is 10.1 Å². The largest absolute Gasteiger partial charge is 0.455 e. The van der Waals surface area contributed by atoms with Crippen LogP contribution in [0.4, 0.5) is 11.4 Å².